The van der Waals surface area contributed by atoms with E-state index in [1.165, 1.54) is 12.1 Å². The molecule has 1 aromatic carbocycles. The van der Waals surface area contributed by atoms with Crippen LogP contribution in [0.5, 0.6) is 0 Å². The summed E-state index contributed by atoms with van der Waals surface area (Å²) in [5.41, 5.74) is 6.56. The molecule has 0 bridgehead atoms. The van der Waals surface area contributed by atoms with Crippen molar-refractivity contribution in [2.45, 2.75) is 19.9 Å². The molecular formula is C13H15FN4. The molecule has 1 aromatic heterocycles. The number of aryl methyl sites for hydroxylation is 1. The van der Waals surface area contributed by atoms with Gasteiger partial charge in [0.25, 0.3) is 0 Å². The van der Waals surface area contributed by atoms with Gasteiger partial charge in [-0.15, -0.1) is 0 Å². The third-order valence-corrected chi connectivity index (χ3v) is 2.74. The van der Waals surface area contributed by atoms with Crippen molar-refractivity contribution in [3.8, 4) is 0 Å². The van der Waals surface area contributed by atoms with Gasteiger partial charge in [0, 0.05) is 30.9 Å². The molecule has 94 valence electrons. The van der Waals surface area contributed by atoms with Gasteiger partial charge in [-0.05, 0) is 23.8 Å². The Morgan fingerprint density at radius 1 is 1.44 bits per heavy atom. The highest BCUT2D eigenvalue weighted by atomic mass is 19.1. The molecular weight excluding hydrogens is 231 g/mol. The molecule has 4 nitrogen and oxygen atoms in total. The Hall–Kier alpha value is -2.17. The Kier molecular flexibility index (Phi) is 3.41. The minimum absolute atomic E-state index is 0.128. The molecule has 2 aromatic rings. The van der Waals surface area contributed by atoms with E-state index in [2.05, 4.69) is 4.98 Å². The van der Waals surface area contributed by atoms with Gasteiger partial charge < -0.3 is 10.3 Å². The highest BCUT2D eigenvalue weighted by molar-refractivity contribution is 5.95. The van der Waals surface area contributed by atoms with Crippen LogP contribution < -0.4 is 5.73 Å². The molecule has 1 heterocycles. The smallest absolute Gasteiger partial charge is 0.124 e. The van der Waals surface area contributed by atoms with Crippen LogP contribution in [0.4, 0.5) is 4.39 Å². The van der Waals surface area contributed by atoms with E-state index in [1.54, 1.807) is 12.3 Å². The highest BCUT2D eigenvalue weighted by Gasteiger charge is 2.06. The van der Waals surface area contributed by atoms with Gasteiger partial charge in [0.15, 0.2) is 0 Å². The quantitative estimate of drug-likeness (QED) is 0.639. The molecule has 0 fully saturated rings. The first kappa shape index (κ1) is 12.3. The van der Waals surface area contributed by atoms with E-state index in [4.69, 9.17) is 11.1 Å². The van der Waals surface area contributed by atoms with Gasteiger partial charge in [-0.1, -0.05) is 6.92 Å². The summed E-state index contributed by atoms with van der Waals surface area (Å²) in [6.07, 6.45) is 4.41. The van der Waals surface area contributed by atoms with Gasteiger partial charge in [0.05, 0.1) is 0 Å². The van der Waals surface area contributed by atoms with Crippen LogP contribution in [-0.4, -0.2) is 15.4 Å². The number of imidazole rings is 1. The van der Waals surface area contributed by atoms with Crippen LogP contribution in [0.15, 0.2) is 30.6 Å². The van der Waals surface area contributed by atoms with E-state index in [9.17, 15) is 4.39 Å². The number of nitrogens with one attached hydrogen (secondary N) is 1. The molecule has 0 amide bonds. The minimum atomic E-state index is -0.379. The lowest BCUT2D eigenvalue weighted by Gasteiger charge is -2.08. The summed E-state index contributed by atoms with van der Waals surface area (Å²) < 4.78 is 15.4. The summed E-state index contributed by atoms with van der Waals surface area (Å²) in [5.74, 6) is 0.441. The van der Waals surface area contributed by atoms with Crippen LogP contribution in [0.25, 0.3) is 0 Å². The maximum absolute atomic E-state index is 13.4. The number of nitrogens with two attached hydrogens (primary N) is 1. The molecule has 5 heteroatoms. The molecule has 3 N–H and O–H groups in total. The standard InChI is InChI=1S/C13H15FN4/c1-2-12-17-3-4-18(12)8-9-5-10(13(15)16)7-11(14)6-9/h3-7H,2,8H2,1H3,(H3,15,16). The first-order chi connectivity index (χ1) is 8.60. The lowest BCUT2D eigenvalue weighted by atomic mass is 10.1. The van der Waals surface area contributed by atoms with E-state index in [1.807, 2.05) is 17.7 Å². The van der Waals surface area contributed by atoms with E-state index in [-0.39, 0.29) is 11.7 Å². The Bertz CT molecular complexity index is 574. The van der Waals surface area contributed by atoms with Gasteiger partial charge in [-0.2, -0.15) is 0 Å². The molecule has 0 atom stereocenters. The molecule has 0 saturated heterocycles. The fourth-order valence-corrected chi connectivity index (χ4v) is 1.89. The van der Waals surface area contributed by atoms with Crippen molar-refractivity contribution in [1.29, 1.82) is 5.41 Å². The van der Waals surface area contributed by atoms with Crippen molar-refractivity contribution in [2.75, 3.05) is 0 Å². The van der Waals surface area contributed by atoms with Gasteiger partial charge >= 0.3 is 0 Å². The maximum atomic E-state index is 13.4. The van der Waals surface area contributed by atoms with Gasteiger partial charge in [-0.25, -0.2) is 9.37 Å². The zero-order valence-corrected chi connectivity index (χ0v) is 10.2. The van der Waals surface area contributed by atoms with Crippen LogP contribution in [0.2, 0.25) is 0 Å². The Morgan fingerprint density at radius 3 is 2.89 bits per heavy atom. The third kappa shape index (κ3) is 2.56. The molecule has 0 aliphatic rings. The molecule has 0 unspecified atom stereocenters. The SMILES string of the molecule is CCc1nccn1Cc1cc(F)cc(C(=N)N)c1. The number of rotatable bonds is 4. The molecule has 0 aliphatic carbocycles. The van der Waals surface area contributed by atoms with E-state index in [0.29, 0.717) is 12.1 Å². The van der Waals surface area contributed by atoms with E-state index in [0.717, 1.165) is 17.8 Å². The number of halogens is 1. The van der Waals surface area contributed by atoms with Gasteiger partial charge in [-0.3, -0.25) is 5.41 Å². The lowest BCUT2D eigenvalue weighted by molar-refractivity contribution is 0.622. The number of benzene rings is 1. The monoisotopic (exact) mass is 246 g/mol. The topological polar surface area (TPSA) is 67.7 Å². The largest absolute Gasteiger partial charge is 0.384 e. The molecule has 0 aliphatic heterocycles. The molecule has 0 saturated carbocycles. The Balaban J connectivity index is 2.32. The third-order valence-electron chi connectivity index (χ3n) is 2.74. The molecule has 18 heavy (non-hydrogen) atoms. The second-order valence-electron chi connectivity index (χ2n) is 4.09. The summed E-state index contributed by atoms with van der Waals surface area (Å²) in [7, 11) is 0. The second-order valence-corrected chi connectivity index (χ2v) is 4.09. The zero-order valence-electron chi connectivity index (χ0n) is 10.2. The average Bonchev–Trinajstić information content (AvgIpc) is 2.75. The number of hydrogen-bond acceptors (Lipinski definition) is 2. The number of amidine groups is 1. The summed E-state index contributed by atoms with van der Waals surface area (Å²) in [4.78, 5) is 4.21. The van der Waals surface area contributed by atoms with Crippen molar-refractivity contribution in [2.24, 2.45) is 5.73 Å². The molecule has 0 spiro atoms. The Labute approximate surface area is 105 Å². The number of hydrogen-bond donors (Lipinski definition) is 2. The second kappa shape index (κ2) is 5.00. The fraction of sp³-hybridized carbons (Fsp3) is 0.231. The maximum Gasteiger partial charge on any atom is 0.124 e. The fourth-order valence-electron chi connectivity index (χ4n) is 1.89. The predicted molar refractivity (Wildman–Crippen MR) is 68.1 cm³/mol. The van der Waals surface area contributed by atoms with Crippen molar-refractivity contribution < 1.29 is 4.39 Å². The van der Waals surface area contributed by atoms with Gasteiger partial charge in [0.2, 0.25) is 0 Å². The van der Waals surface area contributed by atoms with E-state index >= 15 is 0 Å². The predicted octanol–water partition coefficient (Wildman–Crippen LogP) is 1.92. The summed E-state index contributed by atoms with van der Waals surface area (Å²) in [6, 6.07) is 4.44. The average molecular weight is 246 g/mol. The zero-order chi connectivity index (χ0) is 13.1. The molecule has 0 radical (unpaired) electrons. The summed E-state index contributed by atoms with van der Waals surface area (Å²) in [6.45, 7) is 2.55. The molecule has 2 rings (SSSR count). The van der Waals surface area contributed by atoms with Crippen LogP contribution in [0.3, 0.4) is 0 Å². The number of aromatic nitrogens is 2. The van der Waals surface area contributed by atoms with Crippen LogP contribution in [0.1, 0.15) is 23.9 Å². The van der Waals surface area contributed by atoms with Crippen molar-refractivity contribution in [1.82, 2.24) is 9.55 Å². The van der Waals surface area contributed by atoms with Gasteiger partial charge in [0.1, 0.15) is 17.5 Å². The first-order valence-electron chi connectivity index (χ1n) is 5.74. The van der Waals surface area contributed by atoms with Crippen LogP contribution >= 0.6 is 0 Å². The van der Waals surface area contributed by atoms with Crippen molar-refractivity contribution >= 4 is 5.84 Å². The van der Waals surface area contributed by atoms with Crippen molar-refractivity contribution in [3.05, 3.63) is 53.4 Å². The summed E-state index contributed by atoms with van der Waals surface area (Å²) in [5, 5.41) is 7.35. The lowest BCUT2D eigenvalue weighted by Crippen LogP contribution is -2.12. The number of nitrogen functional groups attached to an aromatic ring is 1. The first-order valence-corrected chi connectivity index (χ1v) is 5.74. The minimum Gasteiger partial charge on any atom is -0.384 e. The van der Waals surface area contributed by atoms with Crippen LogP contribution in [-0.2, 0) is 13.0 Å². The number of nitrogens with zero attached hydrogens (tertiary/aromatic N) is 2. The highest BCUT2D eigenvalue weighted by Crippen LogP contribution is 2.12. The van der Waals surface area contributed by atoms with E-state index < -0.39 is 0 Å². The van der Waals surface area contributed by atoms with Crippen molar-refractivity contribution in [3.63, 3.8) is 0 Å². The Morgan fingerprint density at radius 2 is 2.22 bits per heavy atom. The summed E-state index contributed by atoms with van der Waals surface area (Å²) >= 11 is 0. The van der Waals surface area contributed by atoms with Crippen LogP contribution in [0, 0.1) is 11.2 Å². The normalized spacial score (nSPS) is 10.6.